The fourth-order valence-electron chi connectivity index (χ4n) is 3.63. The SMILES string of the molecule is CCNC(=NCC1CCCN(C(=O)OC(C)(C)C)C1)NCCc1ccc(OC)c(OC)c1. The Kier molecular flexibility index (Phi) is 9.94. The van der Waals surface area contributed by atoms with Crippen LogP contribution in [0.15, 0.2) is 23.2 Å². The number of nitrogens with zero attached hydrogens (tertiary/aromatic N) is 2. The van der Waals surface area contributed by atoms with Crippen molar-refractivity contribution < 1.29 is 19.0 Å². The monoisotopic (exact) mass is 448 g/mol. The Morgan fingerprint density at radius 1 is 1.19 bits per heavy atom. The predicted molar refractivity (Wildman–Crippen MR) is 128 cm³/mol. The molecule has 1 heterocycles. The van der Waals surface area contributed by atoms with Crippen molar-refractivity contribution in [3.05, 3.63) is 23.8 Å². The van der Waals surface area contributed by atoms with Crippen LogP contribution in [0.4, 0.5) is 4.79 Å². The molecule has 1 saturated heterocycles. The number of ether oxygens (including phenoxy) is 3. The highest BCUT2D eigenvalue weighted by Crippen LogP contribution is 2.27. The number of piperidine rings is 1. The predicted octanol–water partition coefficient (Wildman–Crippen LogP) is 3.45. The van der Waals surface area contributed by atoms with E-state index < -0.39 is 5.60 Å². The molecule has 0 aliphatic carbocycles. The second-order valence-electron chi connectivity index (χ2n) is 9.02. The fourth-order valence-corrected chi connectivity index (χ4v) is 3.63. The van der Waals surface area contributed by atoms with Crippen LogP contribution >= 0.6 is 0 Å². The van der Waals surface area contributed by atoms with E-state index in [9.17, 15) is 4.79 Å². The molecule has 0 aromatic heterocycles. The summed E-state index contributed by atoms with van der Waals surface area (Å²) < 4.78 is 16.2. The molecule has 0 radical (unpaired) electrons. The van der Waals surface area contributed by atoms with Gasteiger partial charge in [0.15, 0.2) is 17.5 Å². The molecule has 0 saturated carbocycles. The third-order valence-electron chi connectivity index (χ3n) is 5.18. The highest BCUT2D eigenvalue weighted by molar-refractivity contribution is 5.79. The molecule has 180 valence electrons. The molecule has 1 aromatic carbocycles. The van der Waals surface area contributed by atoms with Crippen molar-refractivity contribution in [1.82, 2.24) is 15.5 Å². The zero-order valence-electron chi connectivity index (χ0n) is 20.5. The third-order valence-corrected chi connectivity index (χ3v) is 5.18. The van der Waals surface area contributed by atoms with E-state index in [-0.39, 0.29) is 6.09 Å². The number of carbonyl (C=O) groups is 1. The van der Waals surface area contributed by atoms with Crippen molar-refractivity contribution >= 4 is 12.1 Å². The van der Waals surface area contributed by atoms with Crippen LogP contribution < -0.4 is 20.1 Å². The van der Waals surface area contributed by atoms with Gasteiger partial charge in [0.25, 0.3) is 0 Å². The van der Waals surface area contributed by atoms with Gasteiger partial charge in [-0.25, -0.2) is 4.79 Å². The zero-order chi connectivity index (χ0) is 23.6. The molecule has 1 aliphatic heterocycles. The molecule has 0 bridgehead atoms. The molecule has 1 atom stereocenters. The van der Waals surface area contributed by atoms with Gasteiger partial charge in [0.05, 0.1) is 14.2 Å². The van der Waals surface area contributed by atoms with Crippen LogP contribution in [0.2, 0.25) is 0 Å². The van der Waals surface area contributed by atoms with Crippen molar-refractivity contribution in [3.8, 4) is 11.5 Å². The van der Waals surface area contributed by atoms with Crippen LogP contribution in [0, 0.1) is 5.92 Å². The quantitative estimate of drug-likeness (QED) is 0.468. The van der Waals surface area contributed by atoms with Gasteiger partial charge in [-0.2, -0.15) is 0 Å². The van der Waals surface area contributed by atoms with Crippen molar-refractivity contribution in [2.75, 3.05) is 46.9 Å². The van der Waals surface area contributed by atoms with Gasteiger partial charge < -0.3 is 29.7 Å². The van der Waals surface area contributed by atoms with Gasteiger partial charge in [0, 0.05) is 32.7 Å². The number of aliphatic imine (C=N–C) groups is 1. The lowest BCUT2D eigenvalue weighted by atomic mass is 9.98. The lowest BCUT2D eigenvalue weighted by Gasteiger charge is -2.33. The highest BCUT2D eigenvalue weighted by Gasteiger charge is 2.27. The van der Waals surface area contributed by atoms with E-state index in [0.717, 1.165) is 61.9 Å². The Hall–Kier alpha value is -2.64. The number of benzene rings is 1. The number of guanidine groups is 1. The number of hydrogen-bond acceptors (Lipinski definition) is 5. The van der Waals surface area contributed by atoms with E-state index in [1.54, 1.807) is 14.2 Å². The molecule has 1 aliphatic rings. The number of methoxy groups -OCH3 is 2. The summed E-state index contributed by atoms with van der Waals surface area (Å²) in [7, 11) is 3.28. The molecule has 8 heteroatoms. The molecule has 32 heavy (non-hydrogen) atoms. The van der Waals surface area contributed by atoms with Gasteiger partial charge in [-0.05, 0) is 70.6 Å². The molecule has 2 rings (SSSR count). The molecule has 1 amide bonds. The number of likely N-dealkylation sites (tertiary alicyclic amines) is 1. The maximum atomic E-state index is 12.4. The van der Waals surface area contributed by atoms with Crippen molar-refractivity contribution in [2.45, 2.75) is 52.6 Å². The number of amides is 1. The first-order valence-electron chi connectivity index (χ1n) is 11.5. The summed E-state index contributed by atoms with van der Waals surface area (Å²) in [5.41, 5.74) is 0.685. The minimum absolute atomic E-state index is 0.230. The fraction of sp³-hybridized carbons (Fsp3) is 0.667. The third kappa shape index (κ3) is 8.48. The number of hydrogen-bond donors (Lipinski definition) is 2. The van der Waals surface area contributed by atoms with Crippen molar-refractivity contribution in [1.29, 1.82) is 0 Å². The normalized spacial score (nSPS) is 17.0. The van der Waals surface area contributed by atoms with Gasteiger partial charge in [-0.1, -0.05) is 6.07 Å². The van der Waals surface area contributed by atoms with Gasteiger partial charge in [0.2, 0.25) is 0 Å². The van der Waals surface area contributed by atoms with Crippen molar-refractivity contribution in [3.63, 3.8) is 0 Å². The summed E-state index contributed by atoms with van der Waals surface area (Å²) >= 11 is 0. The van der Waals surface area contributed by atoms with E-state index in [2.05, 4.69) is 17.6 Å². The van der Waals surface area contributed by atoms with E-state index in [0.29, 0.717) is 19.0 Å². The van der Waals surface area contributed by atoms with Crippen LogP contribution in [0.25, 0.3) is 0 Å². The molecule has 0 spiro atoms. The topological polar surface area (TPSA) is 84.4 Å². The molecule has 1 fully saturated rings. The van der Waals surface area contributed by atoms with Crippen LogP contribution in [0.3, 0.4) is 0 Å². The Morgan fingerprint density at radius 2 is 1.94 bits per heavy atom. The minimum atomic E-state index is -0.474. The summed E-state index contributed by atoms with van der Waals surface area (Å²) in [5, 5.41) is 6.70. The van der Waals surface area contributed by atoms with E-state index in [4.69, 9.17) is 19.2 Å². The summed E-state index contributed by atoms with van der Waals surface area (Å²) in [6.07, 6.45) is 2.64. The largest absolute Gasteiger partial charge is 0.493 e. The Balaban J connectivity index is 1.87. The summed E-state index contributed by atoms with van der Waals surface area (Å²) in [6, 6.07) is 5.96. The Morgan fingerprint density at radius 3 is 2.59 bits per heavy atom. The molecule has 1 aromatic rings. The van der Waals surface area contributed by atoms with Crippen LogP contribution in [-0.4, -0.2) is 69.5 Å². The number of rotatable bonds is 8. The first kappa shape index (κ1) is 25.6. The first-order valence-corrected chi connectivity index (χ1v) is 11.5. The van der Waals surface area contributed by atoms with Crippen LogP contribution in [0.1, 0.15) is 46.1 Å². The number of nitrogens with one attached hydrogen (secondary N) is 2. The molecular weight excluding hydrogens is 408 g/mol. The molecule has 8 nitrogen and oxygen atoms in total. The van der Waals surface area contributed by atoms with E-state index >= 15 is 0 Å². The van der Waals surface area contributed by atoms with Gasteiger partial charge in [-0.15, -0.1) is 0 Å². The Bertz CT molecular complexity index is 761. The smallest absolute Gasteiger partial charge is 0.410 e. The lowest BCUT2D eigenvalue weighted by Crippen LogP contribution is -2.44. The molecule has 2 N–H and O–H groups in total. The van der Waals surface area contributed by atoms with Crippen molar-refractivity contribution in [2.24, 2.45) is 10.9 Å². The second kappa shape index (κ2) is 12.4. The van der Waals surface area contributed by atoms with Crippen LogP contribution in [-0.2, 0) is 11.2 Å². The lowest BCUT2D eigenvalue weighted by molar-refractivity contribution is 0.0170. The standard InChI is InChI=1S/C24H40N4O4/c1-7-25-22(26-13-12-18-10-11-20(30-5)21(15-18)31-6)27-16-19-9-8-14-28(17-19)23(29)32-24(2,3)4/h10-11,15,19H,7-9,12-14,16-17H2,1-6H3,(H2,25,26,27). The highest BCUT2D eigenvalue weighted by atomic mass is 16.6. The minimum Gasteiger partial charge on any atom is -0.493 e. The first-order chi connectivity index (χ1) is 15.3. The second-order valence-corrected chi connectivity index (χ2v) is 9.02. The van der Waals surface area contributed by atoms with E-state index in [1.807, 2.05) is 43.9 Å². The molecule has 1 unspecified atom stereocenters. The van der Waals surface area contributed by atoms with E-state index in [1.165, 1.54) is 0 Å². The average molecular weight is 449 g/mol. The maximum Gasteiger partial charge on any atom is 0.410 e. The van der Waals surface area contributed by atoms with Gasteiger partial charge in [0.1, 0.15) is 5.60 Å². The van der Waals surface area contributed by atoms with Gasteiger partial charge in [-0.3, -0.25) is 4.99 Å². The summed E-state index contributed by atoms with van der Waals surface area (Å²) in [5.74, 6) is 2.59. The number of carbonyl (C=O) groups excluding carboxylic acids is 1. The summed E-state index contributed by atoms with van der Waals surface area (Å²) in [4.78, 5) is 19.0. The maximum absolute atomic E-state index is 12.4. The average Bonchev–Trinajstić information content (AvgIpc) is 2.76. The van der Waals surface area contributed by atoms with Crippen LogP contribution in [0.5, 0.6) is 11.5 Å². The molecular formula is C24H40N4O4. The Labute approximate surface area is 192 Å². The van der Waals surface area contributed by atoms with Gasteiger partial charge >= 0.3 is 6.09 Å². The zero-order valence-corrected chi connectivity index (χ0v) is 20.5. The summed E-state index contributed by atoms with van der Waals surface area (Å²) in [6.45, 7) is 11.4.